The van der Waals surface area contributed by atoms with Crippen LogP contribution in [-0.4, -0.2) is 6.03 Å². The van der Waals surface area contributed by atoms with Crippen LogP contribution in [0.5, 0.6) is 0 Å². The molecule has 23 heavy (non-hydrogen) atoms. The molecule has 0 aliphatic heterocycles. The number of benzene rings is 2. The van der Waals surface area contributed by atoms with Gasteiger partial charge in [0.05, 0.1) is 5.54 Å². The molecule has 0 radical (unpaired) electrons. The number of amides is 2. The van der Waals surface area contributed by atoms with Crippen molar-refractivity contribution in [2.75, 3.05) is 5.32 Å². The highest BCUT2D eigenvalue weighted by molar-refractivity contribution is 9.10. The zero-order chi connectivity index (χ0) is 16.3. The van der Waals surface area contributed by atoms with E-state index >= 15 is 0 Å². The second kappa shape index (κ2) is 6.47. The first-order chi connectivity index (χ1) is 11.1. The van der Waals surface area contributed by atoms with E-state index in [1.165, 1.54) is 0 Å². The fourth-order valence-corrected chi connectivity index (χ4v) is 3.27. The summed E-state index contributed by atoms with van der Waals surface area (Å²) in [5, 5.41) is 6.00. The van der Waals surface area contributed by atoms with Crippen LogP contribution in [0.4, 0.5) is 10.5 Å². The summed E-state index contributed by atoms with van der Waals surface area (Å²) in [6, 6.07) is 15.2. The van der Waals surface area contributed by atoms with Gasteiger partial charge in [-0.15, -0.1) is 6.42 Å². The van der Waals surface area contributed by atoms with Crippen molar-refractivity contribution in [2.45, 2.75) is 24.8 Å². The van der Waals surface area contributed by atoms with E-state index in [-0.39, 0.29) is 11.6 Å². The maximum absolute atomic E-state index is 12.4. The zero-order valence-corrected chi connectivity index (χ0v) is 14.2. The van der Waals surface area contributed by atoms with Gasteiger partial charge in [-0.3, -0.25) is 0 Å². The van der Waals surface area contributed by atoms with Crippen LogP contribution < -0.4 is 10.6 Å². The van der Waals surface area contributed by atoms with Crippen molar-refractivity contribution in [1.29, 1.82) is 0 Å². The van der Waals surface area contributed by atoms with Gasteiger partial charge in [0.25, 0.3) is 0 Å². The number of hydrogen-bond donors (Lipinski definition) is 2. The van der Waals surface area contributed by atoms with Crippen LogP contribution in [0.25, 0.3) is 0 Å². The second-order valence-corrected chi connectivity index (χ2v) is 6.67. The average Bonchev–Trinajstić information content (AvgIpc) is 2.51. The monoisotopic (exact) mass is 368 g/mol. The first-order valence-electron chi connectivity index (χ1n) is 7.53. The number of urea groups is 1. The van der Waals surface area contributed by atoms with Crippen molar-refractivity contribution < 1.29 is 4.79 Å². The van der Waals surface area contributed by atoms with Gasteiger partial charge in [-0.25, -0.2) is 4.79 Å². The highest BCUT2D eigenvalue weighted by atomic mass is 79.9. The van der Waals surface area contributed by atoms with Crippen molar-refractivity contribution in [2.24, 2.45) is 0 Å². The summed E-state index contributed by atoms with van der Waals surface area (Å²) in [6.07, 6.45) is 8.39. The minimum absolute atomic E-state index is 0.209. The van der Waals surface area contributed by atoms with Gasteiger partial charge in [-0.1, -0.05) is 40.0 Å². The summed E-state index contributed by atoms with van der Waals surface area (Å²) in [7, 11) is 0. The lowest BCUT2D eigenvalue weighted by Crippen LogP contribution is -2.52. The number of terminal acetylenes is 1. The Hall–Kier alpha value is -2.25. The van der Waals surface area contributed by atoms with E-state index in [4.69, 9.17) is 6.42 Å². The fourth-order valence-electron chi connectivity index (χ4n) is 2.87. The topological polar surface area (TPSA) is 41.1 Å². The lowest BCUT2D eigenvalue weighted by Gasteiger charge is -2.43. The van der Waals surface area contributed by atoms with Crippen LogP contribution in [0, 0.1) is 12.3 Å². The van der Waals surface area contributed by atoms with Gasteiger partial charge >= 0.3 is 6.03 Å². The highest BCUT2D eigenvalue weighted by Crippen LogP contribution is 2.41. The first-order valence-corrected chi connectivity index (χ1v) is 8.32. The van der Waals surface area contributed by atoms with E-state index < -0.39 is 0 Å². The standard InChI is InChI=1S/C19H17BrN2O/c1-2-14-6-3-9-17(12-14)21-18(23)22-19(10-5-11-19)15-7-4-8-16(20)13-15/h1,3-4,6-9,12-13H,5,10-11H2,(H2,21,22,23). The quantitative estimate of drug-likeness (QED) is 0.761. The van der Waals surface area contributed by atoms with Gasteiger partial charge in [0, 0.05) is 15.7 Å². The van der Waals surface area contributed by atoms with Gasteiger partial charge in [-0.05, 0) is 55.2 Å². The number of nitrogens with one attached hydrogen (secondary N) is 2. The zero-order valence-electron chi connectivity index (χ0n) is 12.6. The van der Waals surface area contributed by atoms with Gasteiger partial charge in [-0.2, -0.15) is 0 Å². The second-order valence-electron chi connectivity index (χ2n) is 5.75. The Morgan fingerprint density at radius 1 is 1.17 bits per heavy atom. The highest BCUT2D eigenvalue weighted by Gasteiger charge is 2.40. The molecule has 2 aromatic carbocycles. The number of rotatable bonds is 3. The molecule has 3 rings (SSSR count). The number of anilines is 1. The number of carbonyl (C=O) groups excluding carboxylic acids is 1. The van der Waals surface area contributed by atoms with Crippen LogP contribution in [-0.2, 0) is 5.54 Å². The lowest BCUT2D eigenvalue weighted by atomic mass is 9.72. The summed E-state index contributed by atoms with van der Waals surface area (Å²) >= 11 is 3.50. The molecule has 1 saturated carbocycles. The first kappa shape index (κ1) is 15.6. The molecule has 4 heteroatoms. The van der Waals surface area contributed by atoms with Crippen molar-refractivity contribution in [1.82, 2.24) is 5.32 Å². The molecule has 0 atom stereocenters. The Morgan fingerprint density at radius 3 is 2.61 bits per heavy atom. The predicted octanol–water partition coefficient (Wildman–Crippen LogP) is 4.63. The number of carbonyl (C=O) groups is 1. The van der Waals surface area contributed by atoms with Crippen LogP contribution in [0.3, 0.4) is 0 Å². The maximum Gasteiger partial charge on any atom is 0.319 e. The van der Waals surface area contributed by atoms with Crippen LogP contribution >= 0.6 is 15.9 Å². The van der Waals surface area contributed by atoms with Gasteiger partial charge in [0.1, 0.15) is 0 Å². The Morgan fingerprint density at radius 2 is 1.96 bits per heavy atom. The molecule has 1 fully saturated rings. The van der Waals surface area contributed by atoms with Crippen molar-refractivity contribution >= 4 is 27.6 Å². The molecule has 0 heterocycles. The molecule has 0 unspecified atom stereocenters. The molecule has 1 aliphatic rings. The van der Waals surface area contributed by atoms with E-state index in [1.807, 2.05) is 30.3 Å². The largest absolute Gasteiger partial charge is 0.328 e. The summed E-state index contributed by atoms with van der Waals surface area (Å²) in [4.78, 5) is 12.4. The minimum atomic E-state index is -0.280. The van der Waals surface area contributed by atoms with E-state index in [1.54, 1.807) is 6.07 Å². The van der Waals surface area contributed by atoms with Gasteiger partial charge in [0.15, 0.2) is 0 Å². The lowest BCUT2D eigenvalue weighted by molar-refractivity contribution is 0.185. The fraction of sp³-hybridized carbons (Fsp3) is 0.211. The van der Waals surface area contributed by atoms with Crippen molar-refractivity contribution in [3.05, 3.63) is 64.1 Å². The number of hydrogen-bond acceptors (Lipinski definition) is 1. The molecule has 2 amide bonds. The Bertz CT molecular complexity index is 775. The molecule has 116 valence electrons. The Kier molecular flexibility index (Phi) is 4.40. The molecule has 2 aromatic rings. The predicted molar refractivity (Wildman–Crippen MR) is 96.2 cm³/mol. The van der Waals surface area contributed by atoms with Crippen LogP contribution in [0.15, 0.2) is 53.0 Å². The molecule has 0 aromatic heterocycles. The van der Waals surface area contributed by atoms with Gasteiger partial charge in [0.2, 0.25) is 0 Å². The smallest absolute Gasteiger partial charge is 0.319 e. The van der Waals surface area contributed by atoms with E-state index in [2.05, 4.69) is 44.6 Å². The normalized spacial score (nSPS) is 15.1. The third-order valence-electron chi connectivity index (χ3n) is 4.22. The summed E-state index contributed by atoms with van der Waals surface area (Å²) < 4.78 is 1.02. The molecule has 0 spiro atoms. The maximum atomic E-state index is 12.4. The van der Waals surface area contributed by atoms with E-state index in [0.717, 1.165) is 34.9 Å². The van der Waals surface area contributed by atoms with E-state index in [9.17, 15) is 4.79 Å². The third kappa shape index (κ3) is 3.40. The molecular weight excluding hydrogens is 352 g/mol. The van der Waals surface area contributed by atoms with Gasteiger partial charge < -0.3 is 10.6 Å². The third-order valence-corrected chi connectivity index (χ3v) is 4.72. The molecular formula is C19H17BrN2O. The van der Waals surface area contributed by atoms with Crippen molar-refractivity contribution in [3.63, 3.8) is 0 Å². The Balaban J connectivity index is 1.74. The summed E-state index contributed by atoms with van der Waals surface area (Å²) in [5.41, 5.74) is 2.29. The molecule has 1 aliphatic carbocycles. The van der Waals surface area contributed by atoms with Crippen LogP contribution in [0.1, 0.15) is 30.4 Å². The summed E-state index contributed by atoms with van der Waals surface area (Å²) in [5.74, 6) is 2.57. The molecule has 0 saturated heterocycles. The molecule has 3 nitrogen and oxygen atoms in total. The van der Waals surface area contributed by atoms with Crippen LogP contribution in [0.2, 0.25) is 0 Å². The molecule has 0 bridgehead atoms. The SMILES string of the molecule is C#Cc1cccc(NC(=O)NC2(c3cccc(Br)c3)CCC2)c1. The average molecular weight is 369 g/mol. The summed E-state index contributed by atoms with van der Waals surface area (Å²) in [6.45, 7) is 0. The van der Waals surface area contributed by atoms with Crippen molar-refractivity contribution in [3.8, 4) is 12.3 Å². The van der Waals surface area contributed by atoms with E-state index in [0.29, 0.717) is 5.69 Å². The number of halogens is 1. The minimum Gasteiger partial charge on any atom is -0.328 e. The molecule has 2 N–H and O–H groups in total. The Labute approximate surface area is 144 Å².